The number of rotatable bonds is 6. The van der Waals surface area contributed by atoms with Crippen molar-refractivity contribution in [3.05, 3.63) is 48.0 Å². The number of carbonyl (C=O) groups is 1. The lowest BCUT2D eigenvalue weighted by Gasteiger charge is -2.29. The molecule has 2 aromatic carbocycles. The highest BCUT2D eigenvalue weighted by atomic mass is 32.2. The van der Waals surface area contributed by atoms with Gasteiger partial charge in [-0.1, -0.05) is 12.1 Å². The SMILES string of the molecule is COc1cccc(CCC(=O)Nc2ccc3c(c2)N(S(C)(=O)=O)CCO3)c1. The van der Waals surface area contributed by atoms with Crippen LogP contribution in [0.1, 0.15) is 12.0 Å². The molecule has 0 unspecified atom stereocenters. The third-order valence-corrected chi connectivity index (χ3v) is 5.42. The van der Waals surface area contributed by atoms with E-state index in [4.69, 9.17) is 9.47 Å². The van der Waals surface area contributed by atoms with Crippen molar-refractivity contribution in [3.63, 3.8) is 0 Å². The van der Waals surface area contributed by atoms with Gasteiger partial charge in [-0.2, -0.15) is 0 Å². The molecule has 27 heavy (non-hydrogen) atoms. The Morgan fingerprint density at radius 2 is 2.07 bits per heavy atom. The maximum Gasteiger partial charge on any atom is 0.232 e. The molecule has 144 valence electrons. The molecule has 2 aromatic rings. The Hall–Kier alpha value is -2.74. The zero-order chi connectivity index (χ0) is 19.4. The lowest BCUT2D eigenvalue weighted by molar-refractivity contribution is -0.116. The number of sulfonamides is 1. The molecule has 0 aliphatic carbocycles. The first-order valence-corrected chi connectivity index (χ1v) is 10.4. The fraction of sp³-hybridized carbons (Fsp3) is 0.316. The van der Waals surface area contributed by atoms with Gasteiger partial charge in [0.05, 0.1) is 25.6 Å². The second-order valence-corrected chi connectivity index (χ2v) is 8.17. The molecule has 0 fully saturated rings. The first kappa shape index (κ1) is 19.0. The van der Waals surface area contributed by atoms with E-state index in [1.165, 1.54) is 4.31 Å². The molecule has 0 radical (unpaired) electrons. The quantitative estimate of drug-likeness (QED) is 0.819. The number of aryl methyl sites for hydroxylation is 1. The van der Waals surface area contributed by atoms with Crippen molar-refractivity contribution in [1.82, 2.24) is 0 Å². The second kappa shape index (κ2) is 7.87. The minimum atomic E-state index is -3.41. The summed E-state index contributed by atoms with van der Waals surface area (Å²) in [4.78, 5) is 12.3. The maximum absolute atomic E-state index is 12.3. The molecule has 7 nitrogen and oxygen atoms in total. The number of fused-ring (bicyclic) bond motifs is 1. The Morgan fingerprint density at radius 3 is 2.81 bits per heavy atom. The first-order chi connectivity index (χ1) is 12.9. The van der Waals surface area contributed by atoms with Crippen molar-refractivity contribution >= 4 is 27.3 Å². The van der Waals surface area contributed by atoms with E-state index >= 15 is 0 Å². The summed E-state index contributed by atoms with van der Waals surface area (Å²) in [5.74, 6) is 1.09. The van der Waals surface area contributed by atoms with Crippen LogP contribution in [0.5, 0.6) is 11.5 Å². The van der Waals surface area contributed by atoms with Crippen LogP contribution in [0.2, 0.25) is 0 Å². The lowest BCUT2D eigenvalue weighted by Crippen LogP contribution is -2.37. The van der Waals surface area contributed by atoms with E-state index < -0.39 is 10.0 Å². The van der Waals surface area contributed by atoms with Gasteiger partial charge >= 0.3 is 0 Å². The van der Waals surface area contributed by atoms with E-state index in [0.717, 1.165) is 17.6 Å². The fourth-order valence-electron chi connectivity index (χ4n) is 2.92. The van der Waals surface area contributed by atoms with E-state index in [0.29, 0.717) is 36.6 Å². The molecule has 1 N–H and O–H groups in total. The van der Waals surface area contributed by atoms with Crippen LogP contribution < -0.4 is 19.1 Å². The zero-order valence-electron chi connectivity index (χ0n) is 15.3. The van der Waals surface area contributed by atoms with E-state index in [2.05, 4.69) is 5.32 Å². The monoisotopic (exact) mass is 390 g/mol. The molecule has 0 atom stereocenters. The number of nitrogens with zero attached hydrogens (tertiary/aromatic N) is 1. The first-order valence-electron chi connectivity index (χ1n) is 8.54. The molecule has 1 aliphatic heterocycles. The standard InChI is InChI=1S/C19H22N2O5S/c1-25-16-5-3-4-14(12-16)6-9-19(22)20-15-7-8-18-17(13-15)21(10-11-26-18)27(2,23)24/h3-5,7-8,12-13H,6,9-11H2,1-2H3,(H,20,22). The summed E-state index contributed by atoms with van der Waals surface area (Å²) in [5.41, 5.74) is 1.98. The number of hydrogen-bond donors (Lipinski definition) is 1. The Morgan fingerprint density at radius 1 is 1.26 bits per heavy atom. The van der Waals surface area contributed by atoms with Crippen molar-refractivity contribution < 1.29 is 22.7 Å². The summed E-state index contributed by atoms with van der Waals surface area (Å²) in [7, 11) is -1.81. The van der Waals surface area contributed by atoms with Crippen LogP contribution in [0.25, 0.3) is 0 Å². The number of ether oxygens (including phenoxy) is 2. The highest BCUT2D eigenvalue weighted by Gasteiger charge is 2.25. The Labute approximate surface area is 158 Å². The number of amides is 1. The van der Waals surface area contributed by atoms with Crippen LogP contribution in [-0.2, 0) is 21.2 Å². The Bertz CT molecular complexity index is 943. The summed E-state index contributed by atoms with van der Waals surface area (Å²) in [6.45, 7) is 0.547. The van der Waals surface area contributed by atoms with Crippen molar-refractivity contribution in [3.8, 4) is 11.5 Å². The van der Waals surface area contributed by atoms with Crippen LogP contribution in [0.15, 0.2) is 42.5 Å². The van der Waals surface area contributed by atoms with Crippen molar-refractivity contribution in [2.45, 2.75) is 12.8 Å². The number of methoxy groups -OCH3 is 1. The summed E-state index contributed by atoms with van der Waals surface area (Å²) in [6, 6.07) is 12.6. The summed E-state index contributed by atoms with van der Waals surface area (Å²) < 4.78 is 35.9. The molecule has 1 amide bonds. The van der Waals surface area contributed by atoms with E-state index in [1.54, 1.807) is 25.3 Å². The number of nitrogens with one attached hydrogen (secondary N) is 1. The van der Waals surface area contributed by atoms with Crippen LogP contribution in [0.4, 0.5) is 11.4 Å². The highest BCUT2D eigenvalue weighted by Crippen LogP contribution is 2.35. The molecular weight excluding hydrogens is 368 g/mol. The lowest BCUT2D eigenvalue weighted by atomic mass is 10.1. The maximum atomic E-state index is 12.3. The molecule has 0 saturated heterocycles. The normalized spacial score (nSPS) is 13.5. The van der Waals surface area contributed by atoms with Crippen molar-refractivity contribution in [2.24, 2.45) is 0 Å². The topological polar surface area (TPSA) is 84.9 Å². The Balaban J connectivity index is 1.68. The summed E-state index contributed by atoms with van der Waals surface area (Å²) in [5, 5.41) is 2.82. The van der Waals surface area contributed by atoms with Crippen molar-refractivity contribution in [1.29, 1.82) is 0 Å². The Kier molecular flexibility index (Phi) is 5.55. The van der Waals surface area contributed by atoms with Crippen LogP contribution in [0, 0.1) is 0 Å². The van der Waals surface area contributed by atoms with E-state index in [9.17, 15) is 13.2 Å². The van der Waals surface area contributed by atoms with Crippen molar-refractivity contribution in [2.75, 3.05) is 36.1 Å². The van der Waals surface area contributed by atoms with Crippen LogP contribution >= 0.6 is 0 Å². The van der Waals surface area contributed by atoms with Gasteiger partial charge in [-0.25, -0.2) is 8.42 Å². The molecule has 3 rings (SSSR count). The number of carbonyl (C=O) groups excluding carboxylic acids is 1. The molecule has 0 bridgehead atoms. The molecule has 8 heteroatoms. The van der Waals surface area contributed by atoms with Gasteiger partial charge in [0, 0.05) is 12.1 Å². The van der Waals surface area contributed by atoms with Crippen LogP contribution in [0.3, 0.4) is 0 Å². The average Bonchev–Trinajstić information content (AvgIpc) is 2.65. The van der Waals surface area contributed by atoms with Gasteiger partial charge in [-0.05, 0) is 42.3 Å². The molecule has 0 aromatic heterocycles. The molecule has 1 heterocycles. The van der Waals surface area contributed by atoms with Gasteiger partial charge in [-0.15, -0.1) is 0 Å². The average molecular weight is 390 g/mol. The number of hydrogen-bond acceptors (Lipinski definition) is 5. The predicted molar refractivity (Wildman–Crippen MR) is 104 cm³/mol. The zero-order valence-corrected chi connectivity index (χ0v) is 16.1. The fourth-order valence-corrected chi connectivity index (χ4v) is 3.83. The summed E-state index contributed by atoms with van der Waals surface area (Å²) in [6.07, 6.45) is 2.03. The molecule has 1 aliphatic rings. The number of benzene rings is 2. The smallest absolute Gasteiger partial charge is 0.232 e. The van der Waals surface area contributed by atoms with Gasteiger partial charge in [0.25, 0.3) is 0 Å². The summed E-state index contributed by atoms with van der Waals surface area (Å²) >= 11 is 0. The number of anilines is 2. The largest absolute Gasteiger partial charge is 0.497 e. The van der Waals surface area contributed by atoms with Gasteiger partial charge in [0.1, 0.15) is 18.1 Å². The van der Waals surface area contributed by atoms with E-state index in [-0.39, 0.29) is 12.5 Å². The van der Waals surface area contributed by atoms with Crippen LogP contribution in [-0.4, -0.2) is 40.8 Å². The predicted octanol–water partition coefficient (Wildman–Crippen LogP) is 2.42. The van der Waals surface area contributed by atoms with Gasteiger partial charge in [0.15, 0.2) is 0 Å². The van der Waals surface area contributed by atoms with Gasteiger partial charge in [-0.3, -0.25) is 9.10 Å². The van der Waals surface area contributed by atoms with Gasteiger partial charge < -0.3 is 14.8 Å². The highest BCUT2D eigenvalue weighted by molar-refractivity contribution is 7.92. The molecule has 0 spiro atoms. The minimum Gasteiger partial charge on any atom is -0.497 e. The van der Waals surface area contributed by atoms with Gasteiger partial charge in [0.2, 0.25) is 15.9 Å². The second-order valence-electron chi connectivity index (χ2n) is 6.27. The third-order valence-electron chi connectivity index (χ3n) is 4.24. The molecule has 0 saturated carbocycles. The van der Waals surface area contributed by atoms with E-state index in [1.807, 2.05) is 24.3 Å². The molecular formula is C19H22N2O5S. The minimum absolute atomic E-state index is 0.152. The third kappa shape index (κ3) is 4.71.